The molecule has 4 heteroatoms. The lowest BCUT2D eigenvalue weighted by molar-refractivity contribution is -0.152. The van der Waals surface area contributed by atoms with Gasteiger partial charge >= 0.3 is 11.9 Å². The maximum absolute atomic E-state index is 11.2. The van der Waals surface area contributed by atoms with E-state index in [0.29, 0.717) is 5.02 Å². The van der Waals surface area contributed by atoms with Crippen LogP contribution in [0.5, 0.6) is 0 Å². The molecule has 0 N–H and O–H groups in total. The Hall–Kier alpha value is -1.35. The lowest BCUT2D eigenvalue weighted by Gasteiger charge is -2.03. The van der Waals surface area contributed by atoms with Crippen LogP contribution < -0.4 is 0 Å². The molecule has 0 bridgehead atoms. The maximum Gasteiger partial charge on any atom is 0.321 e. The van der Waals surface area contributed by atoms with Gasteiger partial charge in [0.15, 0.2) is 0 Å². The van der Waals surface area contributed by atoms with Crippen LogP contribution in [0.2, 0.25) is 5.02 Å². The molecule has 1 unspecified atom stereocenters. The summed E-state index contributed by atoms with van der Waals surface area (Å²) in [6, 6.07) is 6.83. The molecule has 1 aliphatic heterocycles. The summed E-state index contributed by atoms with van der Waals surface area (Å²) in [4.78, 5) is 22.0. The number of ether oxygens (including phenoxy) is 1. The van der Waals surface area contributed by atoms with E-state index in [1.54, 1.807) is 24.3 Å². The van der Waals surface area contributed by atoms with Crippen LogP contribution in [0.15, 0.2) is 24.3 Å². The highest BCUT2D eigenvalue weighted by atomic mass is 35.5. The van der Waals surface area contributed by atoms with E-state index in [1.807, 2.05) is 0 Å². The van der Waals surface area contributed by atoms with Crippen molar-refractivity contribution in [3.8, 4) is 0 Å². The van der Waals surface area contributed by atoms with Gasteiger partial charge in [0.05, 0.1) is 12.3 Å². The molecule has 0 radical (unpaired) electrons. The molecule has 1 heterocycles. The molecule has 14 heavy (non-hydrogen) atoms. The summed E-state index contributed by atoms with van der Waals surface area (Å²) in [6.45, 7) is 0. The Morgan fingerprint density at radius 2 is 1.86 bits per heavy atom. The topological polar surface area (TPSA) is 43.4 Å². The number of hydrogen-bond donors (Lipinski definition) is 0. The number of esters is 2. The highest BCUT2D eigenvalue weighted by Crippen LogP contribution is 2.28. The average molecular weight is 211 g/mol. The van der Waals surface area contributed by atoms with Crippen molar-refractivity contribution in [2.45, 2.75) is 12.3 Å². The minimum Gasteiger partial charge on any atom is -0.393 e. The molecular formula is C10H7ClO3. The highest BCUT2D eigenvalue weighted by Gasteiger charge is 2.34. The normalized spacial score (nSPS) is 21.1. The fraction of sp³-hybridized carbons (Fsp3) is 0.200. The quantitative estimate of drug-likeness (QED) is 0.525. The van der Waals surface area contributed by atoms with E-state index in [4.69, 9.17) is 11.6 Å². The van der Waals surface area contributed by atoms with E-state index in [9.17, 15) is 9.59 Å². The van der Waals surface area contributed by atoms with Gasteiger partial charge in [-0.25, -0.2) is 0 Å². The summed E-state index contributed by atoms with van der Waals surface area (Å²) in [7, 11) is 0. The number of rotatable bonds is 1. The van der Waals surface area contributed by atoms with E-state index >= 15 is 0 Å². The number of carbonyl (C=O) groups is 2. The van der Waals surface area contributed by atoms with Gasteiger partial charge < -0.3 is 4.74 Å². The Morgan fingerprint density at radius 3 is 2.36 bits per heavy atom. The van der Waals surface area contributed by atoms with Gasteiger partial charge in [-0.1, -0.05) is 23.7 Å². The molecule has 0 amide bonds. The Kier molecular flexibility index (Phi) is 2.25. The summed E-state index contributed by atoms with van der Waals surface area (Å²) >= 11 is 5.70. The number of carbonyl (C=O) groups excluding carboxylic acids is 2. The molecule has 72 valence electrons. The van der Waals surface area contributed by atoms with Crippen LogP contribution in [-0.4, -0.2) is 11.9 Å². The van der Waals surface area contributed by atoms with Crippen LogP contribution in [0.4, 0.5) is 0 Å². The lowest BCUT2D eigenvalue weighted by atomic mass is 9.98. The zero-order valence-corrected chi connectivity index (χ0v) is 7.95. The third-order valence-corrected chi connectivity index (χ3v) is 2.39. The van der Waals surface area contributed by atoms with Gasteiger partial charge in [0.2, 0.25) is 0 Å². The average Bonchev–Trinajstić information content (AvgIpc) is 2.47. The first-order valence-electron chi connectivity index (χ1n) is 4.17. The first-order chi connectivity index (χ1) is 6.66. The van der Waals surface area contributed by atoms with Gasteiger partial charge in [-0.2, -0.15) is 0 Å². The largest absolute Gasteiger partial charge is 0.393 e. The molecule has 0 aliphatic carbocycles. The minimum absolute atomic E-state index is 0.125. The van der Waals surface area contributed by atoms with Gasteiger partial charge in [0.1, 0.15) is 0 Å². The Balaban J connectivity index is 2.27. The van der Waals surface area contributed by atoms with Crippen LogP contribution in [0.25, 0.3) is 0 Å². The van der Waals surface area contributed by atoms with Crippen molar-refractivity contribution in [1.29, 1.82) is 0 Å². The molecule has 1 aromatic carbocycles. The van der Waals surface area contributed by atoms with Crippen molar-refractivity contribution in [1.82, 2.24) is 0 Å². The molecule has 2 rings (SSSR count). The molecular weight excluding hydrogens is 204 g/mol. The summed E-state index contributed by atoms with van der Waals surface area (Å²) in [5, 5.41) is 0.603. The van der Waals surface area contributed by atoms with Crippen molar-refractivity contribution in [2.75, 3.05) is 0 Å². The Labute approximate surface area is 85.6 Å². The third kappa shape index (κ3) is 1.63. The minimum atomic E-state index is -0.475. The predicted octanol–water partition coefficient (Wildman–Crippen LogP) is 1.90. The zero-order valence-electron chi connectivity index (χ0n) is 7.20. The van der Waals surface area contributed by atoms with Gasteiger partial charge in [-0.15, -0.1) is 0 Å². The van der Waals surface area contributed by atoms with E-state index in [0.717, 1.165) is 5.56 Å². The number of cyclic esters (lactones) is 2. The SMILES string of the molecule is O=C1CC(c2ccc(Cl)cc2)C(=O)O1. The molecule has 1 fully saturated rings. The van der Waals surface area contributed by atoms with E-state index in [-0.39, 0.29) is 6.42 Å². The number of halogens is 1. The molecule has 1 aliphatic rings. The predicted molar refractivity (Wildman–Crippen MR) is 49.9 cm³/mol. The fourth-order valence-electron chi connectivity index (χ4n) is 1.42. The molecule has 0 aromatic heterocycles. The molecule has 1 atom stereocenters. The summed E-state index contributed by atoms with van der Waals surface area (Å²) in [5.41, 5.74) is 0.769. The molecule has 1 aromatic rings. The van der Waals surface area contributed by atoms with Crippen molar-refractivity contribution in [3.05, 3.63) is 34.9 Å². The fourth-order valence-corrected chi connectivity index (χ4v) is 1.55. The third-order valence-electron chi connectivity index (χ3n) is 2.14. The monoisotopic (exact) mass is 210 g/mol. The molecule has 0 spiro atoms. The van der Waals surface area contributed by atoms with Crippen LogP contribution in [0, 0.1) is 0 Å². The summed E-state index contributed by atoms with van der Waals surface area (Å²) in [5.74, 6) is -1.40. The van der Waals surface area contributed by atoms with Crippen LogP contribution in [0.1, 0.15) is 17.9 Å². The Bertz CT molecular complexity index is 383. The Morgan fingerprint density at radius 1 is 1.21 bits per heavy atom. The van der Waals surface area contributed by atoms with Gasteiger partial charge in [-0.3, -0.25) is 9.59 Å². The molecule has 0 saturated carbocycles. The molecule has 1 saturated heterocycles. The zero-order chi connectivity index (χ0) is 10.1. The number of hydrogen-bond acceptors (Lipinski definition) is 3. The summed E-state index contributed by atoms with van der Waals surface area (Å²) in [6.07, 6.45) is 0.125. The van der Waals surface area contributed by atoms with Crippen molar-refractivity contribution < 1.29 is 14.3 Å². The van der Waals surface area contributed by atoms with Crippen molar-refractivity contribution in [3.63, 3.8) is 0 Å². The van der Waals surface area contributed by atoms with Gasteiger partial charge in [-0.05, 0) is 17.7 Å². The lowest BCUT2D eigenvalue weighted by Crippen LogP contribution is -2.05. The van der Waals surface area contributed by atoms with Crippen molar-refractivity contribution in [2.24, 2.45) is 0 Å². The second-order valence-electron chi connectivity index (χ2n) is 3.10. The van der Waals surface area contributed by atoms with Gasteiger partial charge in [0.25, 0.3) is 0 Å². The van der Waals surface area contributed by atoms with Crippen LogP contribution >= 0.6 is 11.6 Å². The molecule has 3 nitrogen and oxygen atoms in total. The maximum atomic E-state index is 11.2. The first kappa shape index (κ1) is 9.21. The van der Waals surface area contributed by atoms with E-state index < -0.39 is 17.9 Å². The first-order valence-corrected chi connectivity index (χ1v) is 4.54. The van der Waals surface area contributed by atoms with Crippen molar-refractivity contribution >= 4 is 23.5 Å². The summed E-state index contributed by atoms with van der Waals surface area (Å²) < 4.78 is 4.45. The van der Waals surface area contributed by atoms with E-state index in [2.05, 4.69) is 4.74 Å². The highest BCUT2D eigenvalue weighted by molar-refractivity contribution is 6.30. The van der Waals surface area contributed by atoms with Gasteiger partial charge in [0, 0.05) is 5.02 Å². The smallest absolute Gasteiger partial charge is 0.321 e. The standard InChI is InChI=1S/C10H7ClO3/c11-7-3-1-6(2-4-7)8-5-9(12)14-10(8)13/h1-4,8H,5H2. The van der Waals surface area contributed by atoms with E-state index in [1.165, 1.54) is 0 Å². The van der Waals surface area contributed by atoms with Crippen LogP contribution in [-0.2, 0) is 14.3 Å². The second kappa shape index (κ2) is 3.42. The number of benzene rings is 1. The van der Waals surface area contributed by atoms with Crippen LogP contribution in [0.3, 0.4) is 0 Å². The second-order valence-corrected chi connectivity index (χ2v) is 3.54.